The predicted molar refractivity (Wildman–Crippen MR) is 62.6 cm³/mol. The zero-order valence-corrected chi connectivity index (χ0v) is 9.81. The lowest BCUT2D eigenvalue weighted by Crippen LogP contribution is -2.21. The zero-order valence-electron chi connectivity index (χ0n) is 9.00. The summed E-state index contributed by atoms with van der Waals surface area (Å²) in [6, 6.07) is 6.47. The topological polar surface area (TPSA) is 107 Å². The summed E-state index contributed by atoms with van der Waals surface area (Å²) < 4.78 is 27.6. The molecule has 0 saturated heterocycles. The van der Waals surface area contributed by atoms with Crippen LogP contribution in [0.3, 0.4) is 0 Å². The first-order valence-electron chi connectivity index (χ1n) is 4.79. The van der Waals surface area contributed by atoms with Gasteiger partial charge in [-0.2, -0.15) is 0 Å². The molecule has 7 heteroatoms. The molecule has 0 aliphatic heterocycles. The lowest BCUT2D eigenvalue weighted by Gasteiger charge is -2.06. The van der Waals surface area contributed by atoms with Crippen LogP contribution in [0.4, 0.5) is 5.69 Å². The molecule has 0 saturated carbocycles. The van der Waals surface area contributed by atoms with E-state index < -0.39 is 21.6 Å². The number of nitrogen functional groups attached to an aromatic ring is 1. The van der Waals surface area contributed by atoms with Gasteiger partial charge in [0, 0.05) is 5.69 Å². The van der Waals surface area contributed by atoms with E-state index >= 15 is 0 Å². The normalized spacial score (nSPS) is 11.1. The van der Waals surface area contributed by atoms with E-state index in [-0.39, 0.29) is 12.4 Å². The minimum atomic E-state index is -3.61. The summed E-state index contributed by atoms with van der Waals surface area (Å²) in [6.45, 7) is -0.0838. The summed E-state index contributed by atoms with van der Waals surface area (Å²) >= 11 is 0. The molecule has 0 unspecified atom stereocenters. The predicted octanol–water partition coefficient (Wildman–Crippen LogP) is 0.147. The van der Waals surface area contributed by atoms with E-state index in [0.29, 0.717) is 11.4 Å². The number of ether oxygens (including phenoxy) is 1. The maximum atomic E-state index is 11.2. The maximum absolute atomic E-state index is 11.2. The van der Waals surface area contributed by atoms with Gasteiger partial charge in [0.25, 0.3) is 0 Å². The van der Waals surface area contributed by atoms with Crippen LogP contribution in [0.25, 0.3) is 0 Å². The average molecular weight is 259 g/mol. The average Bonchev–Trinajstić information content (AvgIpc) is 2.18. The number of aliphatic carboxylic acids is 1. The summed E-state index contributed by atoms with van der Waals surface area (Å²) in [6.07, 6.45) is 0. The smallest absolute Gasteiger partial charge is 0.318 e. The van der Waals surface area contributed by atoms with Crippen LogP contribution < -0.4 is 10.5 Å². The summed E-state index contributed by atoms with van der Waals surface area (Å²) in [5.74, 6) is -2.08. The minimum Gasteiger partial charge on any atom is -0.493 e. The number of carbonyl (C=O) groups is 1. The highest BCUT2D eigenvalue weighted by molar-refractivity contribution is 7.92. The standard InChI is InChI=1S/C10H13NO5S/c11-8-1-3-9(4-2-8)16-5-6-17(14,15)7-10(12)13/h1-4H,5-7,11H2,(H,12,13). The fraction of sp³-hybridized carbons (Fsp3) is 0.300. The molecule has 6 nitrogen and oxygen atoms in total. The number of rotatable bonds is 6. The molecule has 0 aliphatic rings. The molecule has 0 spiro atoms. The largest absolute Gasteiger partial charge is 0.493 e. The molecule has 0 fully saturated rings. The van der Waals surface area contributed by atoms with Gasteiger partial charge in [-0.1, -0.05) is 0 Å². The van der Waals surface area contributed by atoms with E-state index in [1.165, 1.54) is 0 Å². The Morgan fingerprint density at radius 1 is 1.29 bits per heavy atom. The van der Waals surface area contributed by atoms with Gasteiger partial charge in [0.2, 0.25) is 0 Å². The van der Waals surface area contributed by atoms with Gasteiger partial charge in [-0.25, -0.2) is 8.42 Å². The van der Waals surface area contributed by atoms with Crippen molar-refractivity contribution in [3.8, 4) is 5.75 Å². The summed E-state index contributed by atoms with van der Waals surface area (Å²) in [7, 11) is -3.61. The Morgan fingerprint density at radius 2 is 1.88 bits per heavy atom. The quantitative estimate of drug-likeness (QED) is 0.704. The van der Waals surface area contributed by atoms with Gasteiger partial charge < -0.3 is 15.6 Å². The fourth-order valence-electron chi connectivity index (χ4n) is 1.11. The number of hydrogen-bond donors (Lipinski definition) is 2. The van der Waals surface area contributed by atoms with Gasteiger partial charge >= 0.3 is 5.97 Å². The third-order valence-corrected chi connectivity index (χ3v) is 3.36. The SMILES string of the molecule is Nc1ccc(OCCS(=O)(=O)CC(=O)O)cc1. The molecule has 0 atom stereocenters. The van der Waals surface area contributed by atoms with Crippen molar-refractivity contribution in [1.82, 2.24) is 0 Å². The molecule has 0 aliphatic carbocycles. The van der Waals surface area contributed by atoms with Gasteiger partial charge in [0.1, 0.15) is 18.1 Å². The first kappa shape index (κ1) is 13.3. The molecular formula is C10H13NO5S. The van der Waals surface area contributed by atoms with Crippen molar-refractivity contribution in [3.63, 3.8) is 0 Å². The van der Waals surface area contributed by atoms with Crippen molar-refractivity contribution in [3.05, 3.63) is 24.3 Å². The van der Waals surface area contributed by atoms with E-state index in [1.807, 2.05) is 0 Å². The summed E-state index contributed by atoms with van der Waals surface area (Å²) in [5, 5.41) is 8.36. The van der Waals surface area contributed by atoms with Crippen molar-refractivity contribution < 1.29 is 23.1 Å². The number of nitrogens with two attached hydrogens (primary N) is 1. The Kier molecular flexibility index (Phi) is 4.33. The molecule has 1 rings (SSSR count). The summed E-state index contributed by atoms with van der Waals surface area (Å²) in [4.78, 5) is 10.3. The van der Waals surface area contributed by atoms with Gasteiger partial charge in [0.15, 0.2) is 9.84 Å². The molecule has 0 aromatic heterocycles. The van der Waals surface area contributed by atoms with Crippen LogP contribution in [-0.2, 0) is 14.6 Å². The fourth-order valence-corrected chi connectivity index (χ4v) is 1.97. The second-order valence-corrected chi connectivity index (χ2v) is 5.59. The zero-order chi connectivity index (χ0) is 12.9. The maximum Gasteiger partial charge on any atom is 0.318 e. The van der Waals surface area contributed by atoms with E-state index in [9.17, 15) is 13.2 Å². The Labute approximate surface area is 98.9 Å². The molecule has 3 N–H and O–H groups in total. The van der Waals surface area contributed by atoms with Gasteiger partial charge in [-0.15, -0.1) is 0 Å². The van der Waals surface area contributed by atoms with Gasteiger partial charge in [0.05, 0.1) is 5.75 Å². The van der Waals surface area contributed by atoms with Crippen molar-refractivity contribution in [2.75, 3.05) is 23.8 Å². The summed E-state index contributed by atoms with van der Waals surface area (Å²) in [5.41, 5.74) is 6.04. The van der Waals surface area contributed by atoms with Crippen LogP contribution in [0.5, 0.6) is 5.75 Å². The number of carboxylic acid groups (broad SMARTS) is 1. The second kappa shape index (κ2) is 5.53. The lowest BCUT2D eigenvalue weighted by atomic mass is 10.3. The van der Waals surface area contributed by atoms with Crippen LogP contribution in [0.2, 0.25) is 0 Å². The Bertz CT molecular complexity index is 480. The number of carboxylic acids is 1. The minimum absolute atomic E-state index is 0.0838. The van der Waals surface area contributed by atoms with Crippen LogP contribution in [0.1, 0.15) is 0 Å². The van der Waals surface area contributed by atoms with Crippen LogP contribution in [0.15, 0.2) is 24.3 Å². The highest BCUT2D eigenvalue weighted by atomic mass is 32.2. The van der Waals surface area contributed by atoms with E-state index in [0.717, 1.165) is 0 Å². The molecule has 94 valence electrons. The number of benzene rings is 1. The molecule has 1 aromatic rings. The third kappa shape index (κ3) is 5.21. The van der Waals surface area contributed by atoms with E-state index in [1.54, 1.807) is 24.3 Å². The Balaban J connectivity index is 2.42. The molecule has 17 heavy (non-hydrogen) atoms. The highest BCUT2D eigenvalue weighted by Gasteiger charge is 2.15. The molecule has 0 heterocycles. The lowest BCUT2D eigenvalue weighted by molar-refractivity contribution is -0.134. The van der Waals surface area contributed by atoms with E-state index in [4.69, 9.17) is 15.6 Å². The molecule has 0 bridgehead atoms. The highest BCUT2D eigenvalue weighted by Crippen LogP contribution is 2.12. The number of anilines is 1. The Hall–Kier alpha value is -1.76. The monoisotopic (exact) mass is 259 g/mol. The molecule has 1 aromatic carbocycles. The van der Waals surface area contributed by atoms with Crippen LogP contribution in [0, 0.1) is 0 Å². The Morgan fingerprint density at radius 3 is 2.41 bits per heavy atom. The van der Waals surface area contributed by atoms with Crippen LogP contribution in [-0.4, -0.2) is 37.6 Å². The molecule has 0 amide bonds. The number of sulfone groups is 1. The molecular weight excluding hydrogens is 246 g/mol. The third-order valence-electron chi connectivity index (χ3n) is 1.89. The second-order valence-electron chi connectivity index (χ2n) is 3.40. The van der Waals surface area contributed by atoms with Gasteiger partial charge in [-0.3, -0.25) is 4.79 Å². The number of hydrogen-bond acceptors (Lipinski definition) is 5. The molecule has 0 radical (unpaired) electrons. The first-order chi connectivity index (χ1) is 7.89. The first-order valence-corrected chi connectivity index (χ1v) is 6.62. The van der Waals surface area contributed by atoms with Crippen molar-refractivity contribution in [2.24, 2.45) is 0 Å². The van der Waals surface area contributed by atoms with Crippen LogP contribution >= 0.6 is 0 Å². The van der Waals surface area contributed by atoms with Crippen molar-refractivity contribution in [2.45, 2.75) is 0 Å². The van der Waals surface area contributed by atoms with Gasteiger partial charge in [-0.05, 0) is 24.3 Å². The van der Waals surface area contributed by atoms with Crippen molar-refractivity contribution >= 4 is 21.5 Å². The van der Waals surface area contributed by atoms with Crippen molar-refractivity contribution in [1.29, 1.82) is 0 Å². The van der Waals surface area contributed by atoms with E-state index in [2.05, 4.69) is 0 Å².